The monoisotopic (exact) mass is 505 g/mol. The molecule has 0 unspecified atom stereocenters. The Morgan fingerprint density at radius 3 is 2.62 bits per heavy atom. The molecule has 1 aliphatic rings. The van der Waals surface area contributed by atoms with Crippen LogP contribution in [0.15, 0.2) is 42.5 Å². The zero-order valence-electron chi connectivity index (χ0n) is 20.6. The molecule has 2 aromatic carbocycles. The van der Waals surface area contributed by atoms with Crippen LogP contribution in [0.2, 0.25) is 0 Å². The van der Waals surface area contributed by atoms with Crippen molar-refractivity contribution >= 4 is 34.6 Å². The molecule has 0 bridgehead atoms. The van der Waals surface area contributed by atoms with Crippen molar-refractivity contribution in [3.63, 3.8) is 0 Å². The summed E-state index contributed by atoms with van der Waals surface area (Å²) in [5.41, 5.74) is 7.52. The van der Waals surface area contributed by atoms with Gasteiger partial charge in [0.05, 0.1) is 23.1 Å². The number of imidazole rings is 1. The highest BCUT2D eigenvalue weighted by Gasteiger charge is 2.41. The predicted molar refractivity (Wildman–Crippen MR) is 135 cm³/mol. The van der Waals surface area contributed by atoms with E-state index in [1.54, 1.807) is 36.7 Å². The number of unbranched alkanes of at least 4 members (excludes halogenated alkanes) is 1. The second-order valence-electron chi connectivity index (χ2n) is 8.96. The van der Waals surface area contributed by atoms with E-state index in [0.717, 1.165) is 17.7 Å². The number of nitrogens with two attached hydrogens (primary N) is 1. The van der Waals surface area contributed by atoms with E-state index in [1.807, 2.05) is 0 Å². The molecule has 1 fully saturated rings. The minimum Gasteiger partial charge on any atom is -0.336 e. The number of urea groups is 1. The maximum Gasteiger partial charge on any atom is 0.332 e. The molecule has 0 aliphatic carbocycles. The summed E-state index contributed by atoms with van der Waals surface area (Å²) in [7, 11) is 1.75. The normalized spacial score (nSPS) is 15.2. The van der Waals surface area contributed by atoms with Crippen LogP contribution in [0, 0.1) is 17.1 Å². The number of halogens is 1. The Kier molecular flexibility index (Phi) is 7.50. The number of imide groups is 1. The highest BCUT2D eigenvalue weighted by Crippen LogP contribution is 2.30. The Morgan fingerprint density at radius 2 is 1.95 bits per heavy atom. The minimum absolute atomic E-state index is 0.158. The van der Waals surface area contributed by atoms with Gasteiger partial charge in [0, 0.05) is 18.3 Å². The molecule has 11 heteroatoms. The molecule has 1 aromatic heterocycles. The van der Waals surface area contributed by atoms with Crippen LogP contribution in [-0.2, 0) is 11.8 Å². The van der Waals surface area contributed by atoms with Gasteiger partial charge in [-0.15, -0.1) is 0 Å². The summed E-state index contributed by atoms with van der Waals surface area (Å²) in [6.45, 7) is 2.08. The lowest BCUT2D eigenvalue weighted by Gasteiger charge is -2.23. The Labute approximate surface area is 213 Å². The second kappa shape index (κ2) is 10.8. The molecule has 0 spiro atoms. The van der Waals surface area contributed by atoms with Gasteiger partial charge in [0.15, 0.2) is 0 Å². The van der Waals surface area contributed by atoms with Crippen molar-refractivity contribution in [2.24, 2.45) is 12.8 Å². The SMILES string of the molecule is C[C@H](c1nc2ccc(C(=O)N[C@H](C#N)CCCCN)cc2n1C)N1C(=O)CN(c2ccc(F)cc2)C1=O. The van der Waals surface area contributed by atoms with Crippen molar-refractivity contribution in [1.82, 2.24) is 19.8 Å². The molecule has 2 atom stereocenters. The summed E-state index contributed by atoms with van der Waals surface area (Å²) in [5.74, 6) is -0.746. The van der Waals surface area contributed by atoms with Crippen LogP contribution in [0.3, 0.4) is 0 Å². The van der Waals surface area contributed by atoms with Crippen LogP contribution in [0.4, 0.5) is 14.9 Å². The molecule has 3 N–H and O–H groups in total. The quantitative estimate of drug-likeness (QED) is 0.339. The molecule has 2 heterocycles. The fraction of sp³-hybridized carbons (Fsp3) is 0.346. The number of aromatic nitrogens is 2. The molecular weight excluding hydrogens is 477 g/mol. The molecule has 1 saturated heterocycles. The van der Waals surface area contributed by atoms with Crippen LogP contribution >= 0.6 is 0 Å². The van der Waals surface area contributed by atoms with Gasteiger partial charge in [-0.1, -0.05) is 0 Å². The van der Waals surface area contributed by atoms with Gasteiger partial charge < -0.3 is 15.6 Å². The number of fused-ring (bicyclic) bond motifs is 1. The number of hydrogen-bond acceptors (Lipinski definition) is 6. The smallest absolute Gasteiger partial charge is 0.332 e. The Morgan fingerprint density at radius 1 is 1.22 bits per heavy atom. The van der Waals surface area contributed by atoms with Gasteiger partial charge >= 0.3 is 6.03 Å². The number of aryl methyl sites for hydroxylation is 1. The van der Waals surface area contributed by atoms with E-state index in [2.05, 4.69) is 16.4 Å². The van der Waals surface area contributed by atoms with E-state index >= 15 is 0 Å². The van der Waals surface area contributed by atoms with Crippen molar-refractivity contribution in [2.45, 2.75) is 38.3 Å². The first-order valence-electron chi connectivity index (χ1n) is 12.0. The van der Waals surface area contributed by atoms with Gasteiger partial charge in [0.1, 0.15) is 24.2 Å². The van der Waals surface area contributed by atoms with E-state index < -0.39 is 29.8 Å². The van der Waals surface area contributed by atoms with Gasteiger partial charge in [0.2, 0.25) is 0 Å². The number of benzene rings is 2. The lowest BCUT2D eigenvalue weighted by molar-refractivity contribution is -0.126. The molecule has 0 radical (unpaired) electrons. The lowest BCUT2D eigenvalue weighted by atomic mass is 10.1. The van der Waals surface area contributed by atoms with Crippen molar-refractivity contribution < 1.29 is 18.8 Å². The maximum atomic E-state index is 13.3. The van der Waals surface area contributed by atoms with Crippen molar-refractivity contribution in [3.05, 3.63) is 59.7 Å². The Hall–Kier alpha value is -4.30. The molecule has 192 valence electrons. The molecule has 0 saturated carbocycles. The average Bonchev–Trinajstić information content (AvgIpc) is 3.38. The molecule has 3 aromatic rings. The van der Waals surface area contributed by atoms with E-state index in [-0.39, 0.29) is 12.5 Å². The summed E-state index contributed by atoms with van der Waals surface area (Å²) in [6, 6.07) is 10.6. The van der Waals surface area contributed by atoms with Gasteiger partial charge in [-0.2, -0.15) is 5.26 Å². The van der Waals surface area contributed by atoms with E-state index in [9.17, 15) is 24.0 Å². The third-order valence-electron chi connectivity index (χ3n) is 6.48. The van der Waals surface area contributed by atoms with Gasteiger partial charge in [-0.05, 0) is 75.2 Å². The molecule has 1 aliphatic heterocycles. The number of nitriles is 1. The largest absolute Gasteiger partial charge is 0.336 e. The topological polar surface area (TPSA) is 137 Å². The maximum absolute atomic E-state index is 13.3. The first kappa shape index (κ1) is 25.8. The number of carbonyl (C=O) groups is 3. The first-order valence-corrected chi connectivity index (χ1v) is 12.0. The van der Waals surface area contributed by atoms with Crippen LogP contribution in [0.1, 0.15) is 48.4 Å². The predicted octanol–water partition coefficient (Wildman–Crippen LogP) is 2.99. The van der Waals surface area contributed by atoms with Crippen molar-refractivity contribution in [1.29, 1.82) is 5.26 Å². The Bertz CT molecular complexity index is 1380. The van der Waals surface area contributed by atoms with Gasteiger partial charge in [-0.25, -0.2) is 14.2 Å². The first-order chi connectivity index (χ1) is 17.7. The number of nitrogens with zero attached hydrogens (tertiary/aromatic N) is 5. The van der Waals surface area contributed by atoms with Crippen molar-refractivity contribution in [3.8, 4) is 6.07 Å². The third kappa shape index (κ3) is 5.15. The number of anilines is 1. The summed E-state index contributed by atoms with van der Waals surface area (Å²) < 4.78 is 15.0. The van der Waals surface area contributed by atoms with Gasteiger partial charge in [0.25, 0.3) is 11.8 Å². The molecule has 10 nitrogen and oxygen atoms in total. The highest BCUT2D eigenvalue weighted by molar-refractivity contribution is 6.12. The molecular formula is C26H28FN7O3. The molecule has 4 rings (SSSR count). The average molecular weight is 506 g/mol. The van der Waals surface area contributed by atoms with Gasteiger partial charge in [-0.3, -0.25) is 19.4 Å². The lowest BCUT2D eigenvalue weighted by Crippen LogP contribution is -2.36. The number of amides is 4. The number of hydrogen-bond donors (Lipinski definition) is 2. The fourth-order valence-corrected chi connectivity index (χ4v) is 4.46. The van der Waals surface area contributed by atoms with Crippen molar-refractivity contribution in [2.75, 3.05) is 18.0 Å². The second-order valence-corrected chi connectivity index (χ2v) is 8.96. The zero-order chi connectivity index (χ0) is 26.7. The zero-order valence-corrected chi connectivity index (χ0v) is 20.6. The van der Waals surface area contributed by atoms with Crippen LogP contribution in [-0.4, -0.2) is 51.4 Å². The summed E-state index contributed by atoms with van der Waals surface area (Å²) in [5, 5.41) is 12.1. The summed E-state index contributed by atoms with van der Waals surface area (Å²) in [6.07, 6.45) is 2.03. The van der Waals surface area contributed by atoms with E-state index in [1.165, 1.54) is 29.2 Å². The summed E-state index contributed by atoms with van der Waals surface area (Å²) >= 11 is 0. The minimum atomic E-state index is -0.689. The van der Waals surface area contributed by atoms with Crippen LogP contribution in [0.25, 0.3) is 11.0 Å². The number of carbonyl (C=O) groups excluding carboxylic acids is 3. The number of rotatable bonds is 9. The molecule has 37 heavy (non-hydrogen) atoms. The molecule has 4 amide bonds. The number of nitrogens with one attached hydrogen (secondary N) is 1. The highest BCUT2D eigenvalue weighted by atomic mass is 19.1. The van der Waals surface area contributed by atoms with E-state index in [4.69, 9.17) is 5.73 Å². The van der Waals surface area contributed by atoms with E-state index in [0.29, 0.717) is 41.1 Å². The van der Waals surface area contributed by atoms with Crippen LogP contribution in [0.5, 0.6) is 0 Å². The van der Waals surface area contributed by atoms with Crippen LogP contribution < -0.4 is 16.0 Å². The fourth-order valence-electron chi connectivity index (χ4n) is 4.46. The Balaban J connectivity index is 1.55. The third-order valence-corrected chi connectivity index (χ3v) is 6.48. The summed E-state index contributed by atoms with van der Waals surface area (Å²) in [4.78, 5) is 45.8. The standard InChI is InChI=1S/C26H28FN7O3/c1-16(34-23(35)15-33(26(34)37)20-9-7-18(27)8-10-20)24-31-21-11-6-17(13-22(21)32(24)2)25(36)30-19(14-29)5-3-4-12-28/h6-11,13,16,19H,3-5,12,15,28H2,1-2H3,(H,30,36)/t16-,19+/m1/s1.